The van der Waals surface area contributed by atoms with E-state index in [4.69, 9.17) is 5.26 Å². The van der Waals surface area contributed by atoms with Crippen LogP contribution in [0.5, 0.6) is 0 Å². The lowest BCUT2D eigenvalue weighted by Crippen LogP contribution is -2.31. The van der Waals surface area contributed by atoms with E-state index in [1.807, 2.05) is 0 Å². The monoisotopic (exact) mass is 355 g/mol. The summed E-state index contributed by atoms with van der Waals surface area (Å²) < 4.78 is 2.19. The number of aryl methyl sites for hydroxylation is 1. The van der Waals surface area contributed by atoms with Crippen LogP contribution in [-0.4, -0.2) is 33.6 Å². The third kappa shape index (κ3) is 4.55. The number of benzene rings is 1. The molecule has 0 bridgehead atoms. The lowest BCUT2D eigenvalue weighted by molar-refractivity contribution is 0.564. The topological polar surface area (TPSA) is 57.7 Å². The molecule has 1 aliphatic heterocycles. The minimum Gasteiger partial charge on any atom is -0.341 e. The molecule has 0 N–H and O–H groups in total. The van der Waals surface area contributed by atoms with Crippen LogP contribution in [0.2, 0.25) is 0 Å². The zero-order valence-electron chi connectivity index (χ0n) is 14.8. The first kappa shape index (κ1) is 17.8. The van der Waals surface area contributed by atoms with Gasteiger partial charge in [-0.1, -0.05) is 29.5 Å². The molecule has 0 unspecified atom stereocenters. The quantitative estimate of drug-likeness (QED) is 0.546. The molecule has 1 saturated heterocycles. The van der Waals surface area contributed by atoms with Crippen LogP contribution in [0.1, 0.15) is 44.1 Å². The molecule has 0 amide bonds. The van der Waals surface area contributed by atoms with Gasteiger partial charge in [-0.05, 0) is 51.2 Å². The van der Waals surface area contributed by atoms with Crippen molar-refractivity contribution in [2.24, 2.45) is 0 Å². The van der Waals surface area contributed by atoms with E-state index in [0.29, 0.717) is 6.42 Å². The van der Waals surface area contributed by atoms with E-state index >= 15 is 0 Å². The van der Waals surface area contributed by atoms with Crippen LogP contribution in [0.3, 0.4) is 0 Å². The van der Waals surface area contributed by atoms with Crippen molar-refractivity contribution in [3.8, 4) is 11.8 Å². The molecule has 0 spiro atoms. The van der Waals surface area contributed by atoms with Crippen molar-refractivity contribution < 1.29 is 0 Å². The summed E-state index contributed by atoms with van der Waals surface area (Å²) in [5.74, 6) is 1.93. The number of piperidine rings is 1. The minimum atomic E-state index is 0.629. The molecule has 1 aliphatic rings. The zero-order chi connectivity index (χ0) is 17.5. The summed E-state index contributed by atoms with van der Waals surface area (Å²) in [4.78, 5) is 2.36. The summed E-state index contributed by atoms with van der Waals surface area (Å²) in [6.45, 7) is 4.21. The van der Waals surface area contributed by atoms with Crippen molar-refractivity contribution in [3.05, 3.63) is 29.8 Å². The van der Waals surface area contributed by atoms with Gasteiger partial charge in [-0.3, -0.25) is 4.57 Å². The highest BCUT2D eigenvalue weighted by atomic mass is 32.2. The van der Waals surface area contributed by atoms with E-state index in [9.17, 15) is 0 Å². The molecule has 5 nitrogen and oxygen atoms in total. The fourth-order valence-electron chi connectivity index (χ4n) is 3.04. The van der Waals surface area contributed by atoms with Crippen molar-refractivity contribution in [2.75, 3.05) is 23.7 Å². The van der Waals surface area contributed by atoms with Gasteiger partial charge in [0.1, 0.15) is 0 Å². The van der Waals surface area contributed by atoms with E-state index < -0.39 is 0 Å². The first-order valence-electron chi connectivity index (χ1n) is 9.07. The largest absolute Gasteiger partial charge is 0.341 e. The fraction of sp³-hybridized carbons (Fsp3) is 0.526. The van der Waals surface area contributed by atoms with Crippen molar-refractivity contribution in [1.82, 2.24) is 14.8 Å². The maximum Gasteiger partial charge on any atom is 0.232 e. The lowest BCUT2D eigenvalue weighted by atomic mass is 10.1. The normalized spacial score (nSPS) is 14.5. The van der Waals surface area contributed by atoms with Gasteiger partial charge < -0.3 is 4.90 Å². The Labute approximate surface area is 154 Å². The second kappa shape index (κ2) is 8.91. The van der Waals surface area contributed by atoms with Gasteiger partial charge in [0.15, 0.2) is 5.16 Å². The zero-order valence-corrected chi connectivity index (χ0v) is 15.6. The number of nitriles is 1. The van der Waals surface area contributed by atoms with Gasteiger partial charge in [0.05, 0.1) is 11.8 Å². The van der Waals surface area contributed by atoms with Crippen LogP contribution in [-0.2, 0) is 0 Å². The van der Waals surface area contributed by atoms with Crippen molar-refractivity contribution >= 4 is 17.7 Å². The third-order valence-electron chi connectivity index (χ3n) is 4.46. The summed E-state index contributed by atoms with van der Waals surface area (Å²) in [6.07, 6.45) is 6.34. The Morgan fingerprint density at radius 1 is 1.08 bits per heavy atom. The van der Waals surface area contributed by atoms with Crippen LogP contribution in [0.25, 0.3) is 5.69 Å². The number of nitrogens with zero attached hydrogens (tertiary/aromatic N) is 5. The molecule has 3 rings (SSSR count). The van der Waals surface area contributed by atoms with Gasteiger partial charge in [-0.15, -0.1) is 10.2 Å². The van der Waals surface area contributed by atoms with Crippen molar-refractivity contribution in [1.29, 1.82) is 5.26 Å². The molecular formula is C19H25N5S. The summed E-state index contributed by atoms with van der Waals surface area (Å²) in [6, 6.07) is 10.8. The highest BCUT2D eigenvalue weighted by Crippen LogP contribution is 2.29. The molecule has 0 radical (unpaired) electrons. The number of rotatable bonds is 7. The van der Waals surface area contributed by atoms with E-state index in [-0.39, 0.29) is 0 Å². The van der Waals surface area contributed by atoms with Gasteiger partial charge in [0, 0.05) is 25.3 Å². The molecule has 2 heterocycles. The third-order valence-corrected chi connectivity index (χ3v) is 5.48. The maximum atomic E-state index is 8.66. The smallest absolute Gasteiger partial charge is 0.232 e. The Morgan fingerprint density at radius 3 is 2.56 bits per heavy atom. The molecule has 1 aromatic carbocycles. The van der Waals surface area contributed by atoms with Gasteiger partial charge in [-0.2, -0.15) is 5.26 Å². The van der Waals surface area contributed by atoms with Crippen LogP contribution < -0.4 is 4.90 Å². The molecule has 6 heteroatoms. The van der Waals surface area contributed by atoms with Crippen LogP contribution in [0, 0.1) is 18.3 Å². The van der Waals surface area contributed by atoms with Gasteiger partial charge in [-0.25, -0.2) is 0 Å². The van der Waals surface area contributed by atoms with Crippen LogP contribution >= 0.6 is 11.8 Å². The maximum absolute atomic E-state index is 8.66. The predicted molar refractivity (Wildman–Crippen MR) is 102 cm³/mol. The van der Waals surface area contributed by atoms with Crippen LogP contribution in [0.15, 0.2) is 29.4 Å². The summed E-state index contributed by atoms with van der Waals surface area (Å²) in [5.41, 5.74) is 2.37. The first-order chi connectivity index (χ1) is 12.3. The molecule has 0 saturated carbocycles. The standard InChI is InChI=1S/C19H25N5S/c1-16-8-10-17(11-9-16)24-18(23-13-5-3-6-14-23)21-22-19(24)25-15-7-2-4-12-20/h8-11H,2-7,13-15H2,1H3. The SMILES string of the molecule is Cc1ccc(-n2c(SCCCCC#N)nnc2N2CCCCC2)cc1. The highest BCUT2D eigenvalue weighted by Gasteiger charge is 2.21. The predicted octanol–water partition coefficient (Wildman–Crippen LogP) is 4.35. The second-order valence-electron chi connectivity index (χ2n) is 6.46. The van der Waals surface area contributed by atoms with E-state index in [2.05, 4.69) is 56.9 Å². The number of hydrogen-bond acceptors (Lipinski definition) is 5. The number of hydrogen-bond donors (Lipinski definition) is 0. The number of anilines is 1. The summed E-state index contributed by atoms with van der Waals surface area (Å²) in [7, 11) is 0. The molecule has 132 valence electrons. The molecule has 1 aromatic heterocycles. The molecule has 1 fully saturated rings. The molecule has 0 aliphatic carbocycles. The van der Waals surface area contributed by atoms with Crippen LogP contribution in [0.4, 0.5) is 5.95 Å². The first-order valence-corrected chi connectivity index (χ1v) is 10.1. The minimum absolute atomic E-state index is 0.629. The Hall–Kier alpha value is -2.00. The Balaban J connectivity index is 1.83. The molecule has 0 atom stereocenters. The Bertz CT molecular complexity index is 710. The molecular weight excluding hydrogens is 330 g/mol. The second-order valence-corrected chi connectivity index (χ2v) is 7.53. The Kier molecular flexibility index (Phi) is 6.35. The lowest BCUT2D eigenvalue weighted by Gasteiger charge is -2.27. The summed E-state index contributed by atoms with van der Waals surface area (Å²) in [5, 5.41) is 18.6. The molecule has 25 heavy (non-hydrogen) atoms. The highest BCUT2D eigenvalue weighted by molar-refractivity contribution is 7.99. The Morgan fingerprint density at radius 2 is 1.84 bits per heavy atom. The van der Waals surface area contributed by atoms with E-state index in [0.717, 1.165) is 48.5 Å². The van der Waals surface area contributed by atoms with E-state index in [1.165, 1.54) is 24.8 Å². The number of unbranched alkanes of at least 4 members (excludes halogenated alkanes) is 2. The van der Waals surface area contributed by atoms with Gasteiger partial charge >= 0.3 is 0 Å². The van der Waals surface area contributed by atoms with Crippen molar-refractivity contribution in [3.63, 3.8) is 0 Å². The number of thioether (sulfide) groups is 1. The van der Waals surface area contributed by atoms with E-state index in [1.54, 1.807) is 11.8 Å². The summed E-state index contributed by atoms with van der Waals surface area (Å²) >= 11 is 1.73. The van der Waals surface area contributed by atoms with Gasteiger partial charge in [0.25, 0.3) is 0 Å². The average molecular weight is 356 g/mol. The average Bonchev–Trinajstić information content (AvgIpc) is 3.07. The molecule has 2 aromatic rings. The fourth-order valence-corrected chi connectivity index (χ4v) is 3.99. The number of aromatic nitrogens is 3. The van der Waals surface area contributed by atoms with Crippen molar-refractivity contribution in [2.45, 2.75) is 50.6 Å². The van der Waals surface area contributed by atoms with Gasteiger partial charge in [0.2, 0.25) is 5.95 Å².